The molecular formula is C12H15F2N3O. The zero-order valence-corrected chi connectivity index (χ0v) is 9.87. The predicted octanol–water partition coefficient (Wildman–Crippen LogP) is 2.05. The lowest BCUT2D eigenvalue weighted by Gasteiger charge is -2.29. The number of rotatable bonds is 2. The molecule has 0 radical (unpaired) electrons. The third-order valence-electron chi connectivity index (χ3n) is 3.09. The van der Waals surface area contributed by atoms with Gasteiger partial charge in [-0.15, -0.1) is 0 Å². The number of hydrogen-bond acceptors (Lipinski definition) is 3. The van der Waals surface area contributed by atoms with Crippen molar-refractivity contribution in [1.29, 1.82) is 0 Å². The zero-order chi connectivity index (χ0) is 13.1. The highest BCUT2D eigenvalue weighted by molar-refractivity contribution is 5.97. The highest BCUT2D eigenvalue weighted by Gasteiger charge is 2.20. The normalized spacial score (nSPS) is 17.0. The molecule has 0 amide bonds. The Kier molecular flexibility index (Phi) is 3.64. The summed E-state index contributed by atoms with van der Waals surface area (Å²) in [5.74, 6) is -1.67. The van der Waals surface area contributed by atoms with E-state index < -0.39 is 11.6 Å². The monoisotopic (exact) mass is 255 g/mol. The van der Waals surface area contributed by atoms with Gasteiger partial charge in [0.1, 0.15) is 17.3 Å². The van der Waals surface area contributed by atoms with Gasteiger partial charge in [-0.1, -0.05) is 5.16 Å². The van der Waals surface area contributed by atoms with Gasteiger partial charge in [-0.2, -0.15) is 0 Å². The molecule has 1 saturated heterocycles. The molecule has 1 aliphatic heterocycles. The van der Waals surface area contributed by atoms with E-state index in [2.05, 4.69) is 5.16 Å². The number of benzene rings is 1. The molecule has 0 bridgehead atoms. The van der Waals surface area contributed by atoms with Crippen LogP contribution in [0.2, 0.25) is 0 Å². The second-order valence-corrected chi connectivity index (χ2v) is 4.32. The van der Waals surface area contributed by atoms with Gasteiger partial charge in [0.2, 0.25) is 0 Å². The average molecular weight is 255 g/mol. The molecule has 1 heterocycles. The molecule has 1 aliphatic rings. The van der Waals surface area contributed by atoms with E-state index in [4.69, 9.17) is 10.9 Å². The van der Waals surface area contributed by atoms with Gasteiger partial charge in [-0.25, -0.2) is 8.78 Å². The van der Waals surface area contributed by atoms with Crippen LogP contribution in [0.1, 0.15) is 24.8 Å². The van der Waals surface area contributed by atoms with Crippen LogP contribution in [0, 0.1) is 11.6 Å². The second-order valence-electron chi connectivity index (χ2n) is 4.32. The van der Waals surface area contributed by atoms with Gasteiger partial charge in [0.15, 0.2) is 5.84 Å². The third-order valence-corrected chi connectivity index (χ3v) is 3.09. The molecule has 98 valence electrons. The van der Waals surface area contributed by atoms with Crippen molar-refractivity contribution in [2.45, 2.75) is 19.3 Å². The first-order valence-electron chi connectivity index (χ1n) is 5.85. The van der Waals surface area contributed by atoms with E-state index >= 15 is 0 Å². The van der Waals surface area contributed by atoms with Crippen LogP contribution in [0.4, 0.5) is 14.5 Å². The fraction of sp³-hybridized carbons (Fsp3) is 0.417. The van der Waals surface area contributed by atoms with Crippen LogP contribution >= 0.6 is 0 Å². The van der Waals surface area contributed by atoms with E-state index in [1.165, 1.54) is 0 Å². The summed E-state index contributed by atoms with van der Waals surface area (Å²) in [6.07, 6.45) is 2.95. The Balaban J connectivity index is 2.37. The summed E-state index contributed by atoms with van der Waals surface area (Å²) >= 11 is 0. The highest BCUT2D eigenvalue weighted by Crippen LogP contribution is 2.27. The lowest BCUT2D eigenvalue weighted by molar-refractivity contribution is 0.318. The molecule has 2 rings (SSSR count). The predicted molar refractivity (Wildman–Crippen MR) is 64.9 cm³/mol. The molecule has 3 N–H and O–H groups in total. The van der Waals surface area contributed by atoms with Crippen molar-refractivity contribution in [2.75, 3.05) is 18.0 Å². The molecule has 1 aromatic carbocycles. The minimum atomic E-state index is -0.682. The molecule has 0 aliphatic carbocycles. The van der Waals surface area contributed by atoms with Crippen LogP contribution < -0.4 is 10.6 Å². The van der Waals surface area contributed by atoms with Crippen LogP contribution in [-0.4, -0.2) is 24.1 Å². The Bertz CT molecular complexity index is 447. The van der Waals surface area contributed by atoms with Gasteiger partial charge in [0, 0.05) is 18.7 Å². The maximum atomic E-state index is 13.9. The van der Waals surface area contributed by atoms with Crippen molar-refractivity contribution in [3.63, 3.8) is 0 Å². The quantitative estimate of drug-likeness (QED) is 0.368. The molecule has 0 atom stereocenters. The van der Waals surface area contributed by atoms with Gasteiger partial charge in [0.25, 0.3) is 0 Å². The fourth-order valence-corrected chi connectivity index (χ4v) is 2.19. The molecule has 0 unspecified atom stereocenters. The molecular weight excluding hydrogens is 240 g/mol. The molecule has 0 spiro atoms. The van der Waals surface area contributed by atoms with E-state index in [-0.39, 0.29) is 17.1 Å². The van der Waals surface area contributed by atoms with Crippen LogP contribution in [0.3, 0.4) is 0 Å². The highest BCUT2D eigenvalue weighted by atomic mass is 19.1. The van der Waals surface area contributed by atoms with E-state index in [1.54, 1.807) is 4.90 Å². The minimum absolute atomic E-state index is 0.0239. The van der Waals surface area contributed by atoms with Gasteiger partial charge >= 0.3 is 0 Å². The topological polar surface area (TPSA) is 61.9 Å². The van der Waals surface area contributed by atoms with Crippen molar-refractivity contribution in [3.8, 4) is 0 Å². The lowest BCUT2D eigenvalue weighted by Crippen LogP contribution is -2.31. The zero-order valence-electron chi connectivity index (χ0n) is 9.87. The summed E-state index contributed by atoms with van der Waals surface area (Å²) in [7, 11) is 0. The second kappa shape index (κ2) is 5.20. The largest absolute Gasteiger partial charge is 0.409 e. The van der Waals surface area contributed by atoms with Crippen LogP contribution in [0.5, 0.6) is 0 Å². The minimum Gasteiger partial charge on any atom is -0.409 e. The molecule has 1 fully saturated rings. The molecule has 1 aromatic rings. The van der Waals surface area contributed by atoms with E-state index in [1.807, 2.05) is 0 Å². The SMILES string of the molecule is N/C(=N/O)c1cc(F)c(N2CCCCC2)c(F)c1. The van der Waals surface area contributed by atoms with E-state index in [0.29, 0.717) is 13.1 Å². The van der Waals surface area contributed by atoms with Gasteiger partial charge in [-0.3, -0.25) is 0 Å². The smallest absolute Gasteiger partial charge is 0.170 e. The fourth-order valence-electron chi connectivity index (χ4n) is 2.19. The summed E-state index contributed by atoms with van der Waals surface area (Å²) in [5, 5.41) is 11.2. The maximum Gasteiger partial charge on any atom is 0.170 e. The molecule has 18 heavy (non-hydrogen) atoms. The number of piperidine rings is 1. The summed E-state index contributed by atoms with van der Waals surface area (Å²) in [4.78, 5) is 1.70. The third kappa shape index (κ3) is 2.37. The molecule has 0 aromatic heterocycles. The number of oxime groups is 1. The van der Waals surface area contributed by atoms with E-state index in [9.17, 15) is 8.78 Å². The Labute approximate surface area is 104 Å². The first-order chi connectivity index (χ1) is 8.63. The Hall–Kier alpha value is -1.85. The van der Waals surface area contributed by atoms with Gasteiger partial charge in [0.05, 0.1) is 0 Å². The Morgan fingerprint density at radius 3 is 2.22 bits per heavy atom. The first-order valence-corrected chi connectivity index (χ1v) is 5.85. The summed E-state index contributed by atoms with van der Waals surface area (Å²) in [5.41, 5.74) is 5.33. The Morgan fingerprint density at radius 1 is 1.17 bits per heavy atom. The molecule has 6 heteroatoms. The first kappa shape index (κ1) is 12.6. The number of amidine groups is 1. The number of nitrogens with zero attached hydrogens (tertiary/aromatic N) is 2. The summed E-state index contributed by atoms with van der Waals surface area (Å²) in [6, 6.07) is 2.17. The van der Waals surface area contributed by atoms with Crippen molar-refractivity contribution in [2.24, 2.45) is 10.9 Å². The van der Waals surface area contributed by atoms with Gasteiger partial charge in [-0.05, 0) is 31.4 Å². The summed E-state index contributed by atoms with van der Waals surface area (Å²) in [6.45, 7) is 1.30. The molecule has 0 saturated carbocycles. The van der Waals surface area contributed by atoms with E-state index in [0.717, 1.165) is 31.4 Å². The van der Waals surface area contributed by atoms with Crippen LogP contribution in [0.15, 0.2) is 17.3 Å². The summed E-state index contributed by atoms with van der Waals surface area (Å²) < 4.78 is 27.8. The Morgan fingerprint density at radius 2 is 1.72 bits per heavy atom. The lowest BCUT2D eigenvalue weighted by atomic mass is 10.1. The average Bonchev–Trinajstić information content (AvgIpc) is 2.38. The molecule has 4 nitrogen and oxygen atoms in total. The number of hydrogen-bond donors (Lipinski definition) is 2. The van der Waals surface area contributed by atoms with Crippen LogP contribution in [-0.2, 0) is 0 Å². The number of halogens is 2. The van der Waals surface area contributed by atoms with Crippen molar-refractivity contribution in [1.82, 2.24) is 0 Å². The van der Waals surface area contributed by atoms with Crippen molar-refractivity contribution < 1.29 is 14.0 Å². The van der Waals surface area contributed by atoms with Crippen molar-refractivity contribution in [3.05, 3.63) is 29.3 Å². The van der Waals surface area contributed by atoms with Crippen LogP contribution in [0.25, 0.3) is 0 Å². The maximum absolute atomic E-state index is 13.9. The number of anilines is 1. The van der Waals surface area contributed by atoms with Gasteiger partial charge < -0.3 is 15.8 Å². The standard InChI is InChI=1S/C12H15F2N3O/c13-9-6-8(12(15)16-18)7-10(14)11(9)17-4-2-1-3-5-17/h6-7,18H,1-5H2,(H2,15,16). The number of nitrogens with two attached hydrogens (primary N) is 1. The van der Waals surface area contributed by atoms with Crippen molar-refractivity contribution >= 4 is 11.5 Å².